The summed E-state index contributed by atoms with van der Waals surface area (Å²) in [6.45, 7) is 9.91. The minimum absolute atomic E-state index is 0.0459. The Balaban J connectivity index is 1.78. The number of nitrogens with one attached hydrogen (secondary N) is 1. The van der Waals surface area contributed by atoms with Gasteiger partial charge in [0.05, 0.1) is 0 Å². The molecule has 0 spiro atoms. The van der Waals surface area contributed by atoms with Crippen LogP contribution in [-0.2, 0) is 11.3 Å². The van der Waals surface area contributed by atoms with Crippen molar-refractivity contribution in [3.8, 4) is 5.75 Å². The van der Waals surface area contributed by atoms with E-state index in [2.05, 4.69) is 41.7 Å². The molecule has 25 heavy (non-hydrogen) atoms. The summed E-state index contributed by atoms with van der Waals surface area (Å²) in [5.74, 6) is 2.44. The minimum atomic E-state index is -0.0897. The molecule has 1 aromatic carbocycles. The average molecular weight is 343 g/mol. The first-order valence-electron chi connectivity index (χ1n) is 8.97. The van der Waals surface area contributed by atoms with Crippen LogP contribution < -0.4 is 10.1 Å². The third-order valence-corrected chi connectivity index (χ3v) is 4.50. The molecule has 2 aromatic rings. The van der Waals surface area contributed by atoms with Crippen molar-refractivity contribution in [1.82, 2.24) is 14.9 Å². The van der Waals surface area contributed by atoms with E-state index in [0.29, 0.717) is 18.4 Å². The Morgan fingerprint density at radius 1 is 1.32 bits per heavy atom. The molecule has 0 saturated heterocycles. The maximum absolute atomic E-state index is 12.1. The number of aryl methyl sites for hydroxylation is 1. The number of rotatable bonds is 9. The van der Waals surface area contributed by atoms with E-state index >= 15 is 0 Å². The lowest BCUT2D eigenvalue weighted by Gasteiger charge is -2.17. The molecule has 136 valence electrons. The van der Waals surface area contributed by atoms with E-state index in [9.17, 15) is 4.79 Å². The molecule has 0 aliphatic carbocycles. The van der Waals surface area contributed by atoms with E-state index in [0.717, 1.165) is 30.1 Å². The van der Waals surface area contributed by atoms with Crippen LogP contribution >= 0.6 is 0 Å². The van der Waals surface area contributed by atoms with Gasteiger partial charge in [-0.2, -0.15) is 0 Å². The van der Waals surface area contributed by atoms with E-state index in [-0.39, 0.29) is 12.5 Å². The maximum Gasteiger partial charge on any atom is 0.257 e. The fourth-order valence-corrected chi connectivity index (χ4v) is 2.72. The number of carbonyl (C=O) groups excluding carboxylic acids is 1. The summed E-state index contributed by atoms with van der Waals surface area (Å²) in [5, 5.41) is 2.95. The zero-order valence-electron chi connectivity index (χ0n) is 15.7. The molecule has 0 saturated carbocycles. The van der Waals surface area contributed by atoms with Gasteiger partial charge >= 0.3 is 0 Å². The molecule has 5 nitrogen and oxygen atoms in total. The summed E-state index contributed by atoms with van der Waals surface area (Å²) in [6, 6.07) is 7.94. The van der Waals surface area contributed by atoms with Crippen LogP contribution in [0.5, 0.6) is 5.75 Å². The van der Waals surface area contributed by atoms with Crippen molar-refractivity contribution in [1.29, 1.82) is 0 Å². The van der Waals surface area contributed by atoms with Gasteiger partial charge < -0.3 is 14.6 Å². The molecule has 2 rings (SSSR count). The lowest BCUT2D eigenvalue weighted by molar-refractivity contribution is -0.123. The van der Waals surface area contributed by atoms with Crippen LogP contribution in [0.15, 0.2) is 36.7 Å². The first-order valence-corrected chi connectivity index (χ1v) is 8.97. The van der Waals surface area contributed by atoms with Crippen molar-refractivity contribution < 1.29 is 9.53 Å². The molecule has 2 unspecified atom stereocenters. The van der Waals surface area contributed by atoms with Gasteiger partial charge in [0.15, 0.2) is 6.61 Å². The number of hydrogen-bond donors (Lipinski definition) is 1. The van der Waals surface area contributed by atoms with Crippen molar-refractivity contribution in [3.05, 3.63) is 48.0 Å². The van der Waals surface area contributed by atoms with E-state index in [1.807, 2.05) is 31.3 Å². The molecule has 0 bridgehead atoms. The van der Waals surface area contributed by atoms with Gasteiger partial charge in [-0.25, -0.2) is 4.98 Å². The molecule has 2 atom stereocenters. The largest absolute Gasteiger partial charge is 0.483 e. The molecule has 5 heteroatoms. The molecule has 1 N–H and O–H groups in total. The number of amides is 1. The zero-order chi connectivity index (χ0) is 18.2. The van der Waals surface area contributed by atoms with Crippen molar-refractivity contribution in [2.75, 3.05) is 13.2 Å². The minimum Gasteiger partial charge on any atom is -0.483 e. The van der Waals surface area contributed by atoms with Crippen LogP contribution in [0.3, 0.4) is 0 Å². The van der Waals surface area contributed by atoms with Gasteiger partial charge in [-0.15, -0.1) is 0 Å². The third-order valence-electron chi connectivity index (χ3n) is 4.50. The predicted molar refractivity (Wildman–Crippen MR) is 99.8 cm³/mol. The summed E-state index contributed by atoms with van der Waals surface area (Å²) in [5.41, 5.74) is 1.15. The van der Waals surface area contributed by atoms with Crippen molar-refractivity contribution >= 4 is 5.91 Å². The number of ether oxygens (including phenoxy) is 1. The van der Waals surface area contributed by atoms with E-state index < -0.39 is 0 Å². The Bertz CT molecular complexity index is 681. The second-order valence-corrected chi connectivity index (χ2v) is 6.67. The predicted octanol–water partition coefficient (Wildman–Crippen LogP) is 3.54. The van der Waals surface area contributed by atoms with Crippen LogP contribution in [0, 0.1) is 12.8 Å². The highest BCUT2D eigenvalue weighted by Crippen LogP contribution is 2.28. The van der Waals surface area contributed by atoms with Crippen molar-refractivity contribution in [2.24, 2.45) is 5.92 Å². The summed E-state index contributed by atoms with van der Waals surface area (Å²) >= 11 is 0. The standard InChI is InChI=1S/C20H29N3O2/c1-5-16(3)18-8-6-7-9-19(18)25-14-20(24)22-12-15(2)13-23-11-10-21-17(23)4/h6-11,15-16H,5,12-14H2,1-4H3,(H,22,24). The normalized spacial score (nSPS) is 13.3. The van der Waals surface area contributed by atoms with Crippen LogP contribution in [0.4, 0.5) is 0 Å². The van der Waals surface area contributed by atoms with E-state index in [4.69, 9.17) is 4.74 Å². The first kappa shape index (κ1) is 19.0. The Labute approximate surface area is 150 Å². The molecule has 0 radical (unpaired) electrons. The quantitative estimate of drug-likeness (QED) is 0.758. The van der Waals surface area contributed by atoms with Crippen molar-refractivity contribution in [3.63, 3.8) is 0 Å². The molecular formula is C20H29N3O2. The number of para-hydroxylation sites is 1. The Morgan fingerprint density at radius 3 is 2.76 bits per heavy atom. The number of carbonyl (C=O) groups is 1. The average Bonchev–Trinajstić information content (AvgIpc) is 3.02. The number of benzene rings is 1. The summed E-state index contributed by atoms with van der Waals surface area (Å²) in [6.07, 6.45) is 4.80. The highest BCUT2D eigenvalue weighted by Gasteiger charge is 2.12. The number of nitrogens with zero attached hydrogens (tertiary/aromatic N) is 2. The lowest BCUT2D eigenvalue weighted by Crippen LogP contribution is -2.33. The number of hydrogen-bond acceptors (Lipinski definition) is 3. The SMILES string of the molecule is CCC(C)c1ccccc1OCC(=O)NCC(C)Cn1ccnc1C. The molecule has 1 amide bonds. The van der Waals surface area contributed by atoms with E-state index in [1.165, 1.54) is 0 Å². The van der Waals surface area contributed by atoms with Gasteiger partial charge in [0, 0.05) is 25.5 Å². The molecule has 1 heterocycles. The molecule has 1 aromatic heterocycles. The topological polar surface area (TPSA) is 56.1 Å². The highest BCUT2D eigenvalue weighted by molar-refractivity contribution is 5.77. The van der Waals surface area contributed by atoms with Crippen LogP contribution in [0.25, 0.3) is 0 Å². The number of imidazole rings is 1. The smallest absolute Gasteiger partial charge is 0.257 e. The fraction of sp³-hybridized carbons (Fsp3) is 0.500. The van der Waals surface area contributed by atoms with Gasteiger partial charge in [-0.3, -0.25) is 4.79 Å². The molecule has 0 aliphatic heterocycles. The summed E-state index contributed by atoms with van der Waals surface area (Å²) < 4.78 is 7.84. The van der Waals surface area contributed by atoms with Crippen molar-refractivity contribution in [2.45, 2.75) is 46.6 Å². The monoisotopic (exact) mass is 343 g/mol. The van der Waals surface area contributed by atoms with Gasteiger partial charge in [0.1, 0.15) is 11.6 Å². The van der Waals surface area contributed by atoms with Gasteiger partial charge in [-0.1, -0.05) is 39.0 Å². The molecule has 0 aliphatic rings. The number of aromatic nitrogens is 2. The molecular weight excluding hydrogens is 314 g/mol. The first-order chi connectivity index (χ1) is 12.0. The Kier molecular flexibility index (Phi) is 7.04. The summed E-state index contributed by atoms with van der Waals surface area (Å²) in [4.78, 5) is 16.3. The van der Waals surface area contributed by atoms with E-state index in [1.54, 1.807) is 6.20 Å². The van der Waals surface area contributed by atoms with Crippen LogP contribution in [-0.4, -0.2) is 28.6 Å². The Hall–Kier alpha value is -2.30. The van der Waals surface area contributed by atoms with Crippen LogP contribution in [0.2, 0.25) is 0 Å². The zero-order valence-corrected chi connectivity index (χ0v) is 15.7. The second kappa shape index (κ2) is 9.25. The van der Waals surface area contributed by atoms with Gasteiger partial charge in [0.25, 0.3) is 5.91 Å². The maximum atomic E-state index is 12.1. The Morgan fingerprint density at radius 2 is 2.08 bits per heavy atom. The lowest BCUT2D eigenvalue weighted by atomic mass is 9.98. The third kappa shape index (κ3) is 5.62. The highest BCUT2D eigenvalue weighted by atomic mass is 16.5. The van der Waals surface area contributed by atoms with Crippen LogP contribution in [0.1, 0.15) is 44.5 Å². The van der Waals surface area contributed by atoms with Gasteiger partial charge in [0.2, 0.25) is 0 Å². The summed E-state index contributed by atoms with van der Waals surface area (Å²) in [7, 11) is 0. The van der Waals surface area contributed by atoms with Gasteiger partial charge in [-0.05, 0) is 36.8 Å². The molecule has 0 fully saturated rings. The fourth-order valence-electron chi connectivity index (χ4n) is 2.72. The second-order valence-electron chi connectivity index (χ2n) is 6.67.